The van der Waals surface area contributed by atoms with Gasteiger partial charge in [-0.1, -0.05) is 0 Å². The summed E-state index contributed by atoms with van der Waals surface area (Å²) in [5.41, 5.74) is 14.0. The number of aryl methyl sites for hydroxylation is 8. The number of aromatic nitrogens is 8. The zero-order valence-electron chi connectivity index (χ0n) is 31.4. The number of aliphatic carboxylic acids is 4. The number of aromatic amines is 4. The van der Waals surface area contributed by atoms with E-state index < -0.39 is 23.9 Å². The summed E-state index contributed by atoms with van der Waals surface area (Å²) in [5.74, 6) is -4.33. The summed E-state index contributed by atoms with van der Waals surface area (Å²) in [6.45, 7) is 20.2. The van der Waals surface area contributed by atoms with E-state index in [2.05, 4.69) is 68.5 Å². The Hall–Kier alpha value is -4.15. The van der Waals surface area contributed by atoms with Gasteiger partial charge in [-0.2, -0.15) is 20.4 Å². The van der Waals surface area contributed by atoms with Crippen molar-refractivity contribution in [2.24, 2.45) is 0 Å². The standard InChI is InChI=1S/2C11H16N4.4C2H4O2.3H2O.2Zn/c2*1-6-10(7(2)13-12-6)5-11-8(3)14-15-9(11)4;4*1-2(3)4;;;;;/h2*5H2,1-4H3,(H,12,13)(H,14,15);4*1H3,(H,3,4);3*1H2;;/q;;;;;;;;;2*+2/p-4. The molecule has 0 bridgehead atoms. The predicted molar refractivity (Wildman–Crippen MR) is 171 cm³/mol. The predicted octanol–water partition coefficient (Wildman–Crippen LogP) is -3.54. The van der Waals surface area contributed by atoms with Crippen molar-refractivity contribution in [3.8, 4) is 0 Å². The molecule has 0 unspecified atom stereocenters. The first kappa shape index (κ1) is 62.0. The molecule has 0 aliphatic heterocycles. The number of nitrogens with zero attached hydrogens (tertiary/aromatic N) is 4. The molecular weight excluding hydrogens is 779 g/mol. The van der Waals surface area contributed by atoms with Crippen molar-refractivity contribution in [1.29, 1.82) is 0 Å². The number of carboxylic acid groups (broad SMARTS) is 4. The second-order valence-electron chi connectivity index (χ2n) is 9.97. The molecule has 280 valence electrons. The van der Waals surface area contributed by atoms with Gasteiger partial charge in [0.05, 0.1) is 22.8 Å². The van der Waals surface area contributed by atoms with Crippen LogP contribution in [0.4, 0.5) is 0 Å². The summed E-state index contributed by atoms with van der Waals surface area (Å²) in [7, 11) is 0. The van der Waals surface area contributed by atoms with Crippen LogP contribution in [-0.2, 0) is 71.0 Å². The molecule has 0 aromatic carbocycles. The van der Waals surface area contributed by atoms with E-state index in [4.69, 9.17) is 39.6 Å². The third-order valence-corrected chi connectivity index (χ3v) is 5.83. The molecule has 0 aliphatic rings. The van der Waals surface area contributed by atoms with Crippen LogP contribution >= 0.6 is 0 Å². The number of carbonyl (C=O) groups is 4. The first-order chi connectivity index (χ1) is 21.1. The maximum absolute atomic E-state index is 8.89. The van der Waals surface area contributed by atoms with Gasteiger partial charge in [-0.25, -0.2) is 0 Å². The summed E-state index contributed by atoms with van der Waals surface area (Å²) < 4.78 is 0. The molecule has 4 rings (SSSR count). The minimum absolute atomic E-state index is 0. The normalized spacial score (nSPS) is 8.39. The number of nitrogens with one attached hydrogen (secondary N) is 4. The van der Waals surface area contributed by atoms with Crippen LogP contribution in [0, 0.1) is 55.4 Å². The Morgan fingerprint density at radius 1 is 0.412 bits per heavy atom. The SMILES string of the molecule is CC(=O)[O-].CC(=O)[O-].CC(=O)[O-].CC(=O)[O-].Cc1n[nH]c(C)c1Cc1c(C)n[nH]c1C.Cc1n[nH]c(C)c1Cc1c(C)n[nH]c1C.O.O.O.[Zn+2].[Zn+2]. The fourth-order valence-electron chi connectivity index (χ4n) is 3.69. The van der Waals surface area contributed by atoms with Crippen molar-refractivity contribution in [3.63, 3.8) is 0 Å². The minimum atomic E-state index is -1.08. The topological polar surface area (TPSA) is 370 Å². The van der Waals surface area contributed by atoms with Crippen LogP contribution < -0.4 is 20.4 Å². The number of hydrogen-bond donors (Lipinski definition) is 4. The summed E-state index contributed by atoms with van der Waals surface area (Å²) in [6, 6.07) is 0. The second kappa shape index (κ2) is 31.8. The van der Waals surface area contributed by atoms with Crippen LogP contribution in [-0.4, -0.2) is 81.1 Å². The van der Waals surface area contributed by atoms with Crippen LogP contribution in [0.5, 0.6) is 0 Å². The van der Waals surface area contributed by atoms with E-state index in [9.17, 15) is 0 Å². The van der Waals surface area contributed by atoms with Crippen molar-refractivity contribution in [2.45, 2.75) is 95.9 Å². The van der Waals surface area contributed by atoms with Gasteiger partial charge >= 0.3 is 39.0 Å². The van der Waals surface area contributed by atoms with Gasteiger partial charge in [-0.15, -0.1) is 0 Å². The van der Waals surface area contributed by atoms with Crippen LogP contribution in [0.25, 0.3) is 0 Å². The van der Waals surface area contributed by atoms with E-state index in [1.807, 2.05) is 27.7 Å². The molecule has 21 heteroatoms. The summed E-state index contributed by atoms with van der Waals surface area (Å²) >= 11 is 0. The first-order valence-electron chi connectivity index (χ1n) is 13.8. The molecule has 19 nitrogen and oxygen atoms in total. The van der Waals surface area contributed by atoms with Gasteiger partial charge in [0.15, 0.2) is 0 Å². The van der Waals surface area contributed by atoms with E-state index >= 15 is 0 Å². The van der Waals surface area contributed by atoms with Gasteiger partial charge in [-0.05, 0) is 83.1 Å². The quantitative estimate of drug-likeness (QED) is 0.145. The van der Waals surface area contributed by atoms with Crippen LogP contribution in [0.3, 0.4) is 0 Å². The largest absolute Gasteiger partial charge is 2.00 e. The molecular formula is C30H50N8O11Zn2. The van der Waals surface area contributed by atoms with Gasteiger partial charge in [-0.3, -0.25) is 20.4 Å². The van der Waals surface area contributed by atoms with Crippen molar-refractivity contribution in [3.05, 3.63) is 67.8 Å². The molecule has 0 amide bonds. The second-order valence-corrected chi connectivity index (χ2v) is 9.97. The maximum Gasteiger partial charge on any atom is 2.00 e. The molecule has 0 aliphatic carbocycles. The number of carbonyl (C=O) groups excluding carboxylic acids is 4. The number of rotatable bonds is 4. The maximum atomic E-state index is 8.89. The van der Waals surface area contributed by atoms with Crippen molar-refractivity contribution in [2.75, 3.05) is 0 Å². The first-order valence-corrected chi connectivity index (χ1v) is 13.8. The average molecular weight is 830 g/mol. The summed E-state index contributed by atoms with van der Waals surface area (Å²) in [4.78, 5) is 35.6. The molecule has 51 heavy (non-hydrogen) atoms. The monoisotopic (exact) mass is 826 g/mol. The Kier molecular flexibility index (Phi) is 38.7. The van der Waals surface area contributed by atoms with E-state index in [0.29, 0.717) is 0 Å². The van der Waals surface area contributed by atoms with Crippen LogP contribution in [0.2, 0.25) is 0 Å². The third kappa shape index (κ3) is 28.3. The molecule has 0 saturated carbocycles. The number of carboxylic acids is 4. The van der Waals surface area contributed by atoms with E-state index in [1.165, 1.54) is 22.3 Å². The van der Waals surface area contributed by atoms with Crippen molar-refractivity contribution in [1.82, 2.24) is 40.8 Å². The Bertz CT molecular complexity index is 1240. The van der Waals surface area contributed by atoms with Gasteiger partial charge in [0.1, 0.15) is 0 Å². The Labute approximate surface area is 322 Å². The Balaban J connectivity index is -0.000000101. The zero-order chi connectivity index (χ0) is 36.3. The smallest absolute Gasteiger partial charge is 0.550 e. The Morgan fingerprint density at radius 2 is 0.529 bits per heavy atom. The van der Waals surface area contributed by atoms with Gasteiger partial charge in [0.2, 0.25) is 0 Å². The average Bonchev–Trinajstić information content (AvgIpc) is 3.60. The van der Waals surface area contributed by atoms with E-state index in [0.717, 1.165) is 86.1 Å². The molecule has 0 fully saturated rings. The fraction of sp³-hybridized carbons (Fsp3) is 0.467. The van der Waals surface area contributed by atoms with Crippen molar-refractivity contribution < 1.29 is 95.0 Å². The minimum Gasteiger partial charge on any atom is -0.550 e. The molecule has 0 radical (unpaired) electrons. The van der Waals surface area contributed by atoms with Gasteiger partial charge in [0.25, 0.3) is 0 Å². The molecule has 0 atom stereocenters. The van der Waals surface area contributed by atoms with E-state index in [-0.39, 0.29) is 55.4 Å². The molecule has 4 aromatic heterocycles. The number of hydrogen-bond acceptors (Lipinski definition) is 12. The third-order valence-electron chi connectivity index (χ3n) is 5.83. The molecule has 4 aromatic rings. The zero-order valence-corrected chi connectivity index (χ0v) is 37.3. The molecule has 0 spiro atoms. The summed E-state index contributed by atoms with van der Waals surface area (Å²) in [5, 5.41) is 64.4. The van der Waals surface area contributed by atoms with Crippen LogP contribution in [0.15, 0.2) is 0 Å². The molecule has 4 heterocycles. The fourth-order valence-corrected chi connectivity index (χ4v) is 3.69. The van der Waals surface area contributed by atoms with E-state index in [1.54, 1.807) is 0 Å². The number of H-pyrrole nitrogens is 4. The molecule has 0 saturated heterocycles. The van der Waals surface area contributed by atoms with Gasteiger partial charge in [0, 0.05) is 81.7 Å². The Morgan fingerprint density at radius 3 is 0.608 bits per heavy atom. The van der Waals surface area contributed by atoms with Gasteiger partial charge < -0.3 is 56.0 Å². The van der Waals surface area contributed by atoms with Crippen LogP contribution in [0.1, 0.15) is 95.5 Å². The molecule has 10 N–H and O–H groups in total. The van der Waals surface area contributed by atoms with Crippen molar-refractivity contribution >= 4 is 23.9 Å². The summed E-state index contributed by atoms with van der Waals surface area (Å²) in [6.07, 6.45) is 1.81.